The summed E-state index contributed by atoms with van der Waals surface area (Å²) in [4.78, 5) is 9.66. The molecule has 5 rings (SSSR count). The van der Waals surface area contributed by atoms with Crippen molar-refractivity contribution >= 4 is 16.9 Å². The lowest BCUT2D eigenvalue weighted by atomic mass is 9.97. The molecule has 1 aromatic heterocycles. The molecule has 2 aliphatic rings. The van der Waals surface area contributed by atoms with Crippen molar-refractivity contribution in [1.29, 1.82) is 0 Å². The Kier molecular flexibility index (Phi) is 6.34. The fourth-order valence-electron chi connectivity index (χ4n) is 5.15. The summed E-state index contributed by atoms with van der Waals surface area (Å²) in [6.45, 7) is 9.29. The van der Waals surface area contributed by atoms with Crippen LogP contribution in [0.2, 0.25) is 0 Å². The molecule has 2 aliphatic heterocycles. The number of halogens is 3. The summed E-state index contributed by atoms with van der Waals surface area (Å²) < 4.78 is 60.1. The second-order valence-electron chi connectivity index (χ2n) is 10.2. The molecule has 2 atom stereocenters. The van der Waals surface area contributed by atoms with Gasteiger partial charge in [-0.25, -0.2) is 0 Å². The van der Waals surface area contributed by atoms with Gasteiger partial charge in [0.25, 0.3) is 0 Å². The lowest BCUT2D eigenvalue weighted by Gasteiger charge is -2.24. The number of hydrogen-bond acceptors (Lipinski definition) is 6. The first-order valence-electron chi connectivity index (χ1n) is 12.3. The van der Waals surface area contributed by atoms with Crippen LogP contribution in [0, 0.1) is 6.92 Å². The average molecular weight is 517 g/mol. The summed E-state index contributed by atoms with van der Waals surface area (Å²) >= 11 is 0. The maximum atomic E-state index is 13.5. The average Bonchev–Trinajstić information content (AvgIpc) is 3.45. The first-order chi connectivity index (χ1) is 17.5. The third-order valence-corrected chi connectivity index (χ3v) is 7.10. The fraction of sp³-hybridized carbons (Fsp3) is 0.481. The summed E-state index contributed by atoms with van der Waals surface area (Å²) in [5.41, 5.74) is 1.01. The van der Waals surface area contributed by atoms with Crippen molar-refractivity contribution in [3.63, 3.8) is 0 Å². The van der Waals surface area contributed by atoms with Gasteiger partial charge in [-0.15, -0.1) is 0 Å². The molecule has 10 heteroatoms. The highest BCUT2D eigenvalue weighted by atomic mass is 19.4. The Bertz CT molecular complexity index is 1410. The highest BCUT2D eigenvalue weighted by Crippen LogP contribution is 2.38. The highest BCUT2D eigenvalue weighted by molar-refractivity contribution is 5.84. The number of alkyl halides is 3. The van der Waals surface area contributed by atoms with Crippen molar-refractivity contribution in [2.75, 3.05) is 32.2 Å². The summed E-state index contributed by atoms with van der Waals surface area (Å²) in [6, 6.07) is 7.42. The van der Waals surface area contributed by atoms with Crippen LogP contribution in [-0.4, -0.2) is 42.5 Å². The van der Waals surface area contributed by atoms with Crippen LogP contribution in [0.1, 0.15) is 49.9 Å². The van der Waals surface area contributed by atoms with E-state index in [0.717, 1.165) is 23.4 Å². The highest BCUT2D eigenvalue weighted by Gasteiger charge is 2.34. The number of anilines is 1. The number of nitrogens with one attached hydrogen (secondary N) is 1. The zero-order valence-corrected chi connectivity index (χ0v) is 21.6. The number of ether oxygens (including phenoxy) is 3. The Labute approximate surface area is 213 Å². The van der Waals surface area contributed by atoms with E-state index >= 15 is 0 Å². The van der Waals surface area contributed by atoms with Gasteiger partial charge in [0.05, 0.1) is 43.0 Å². The van der Waals surface area contributed by atoms with Crippen molar-refractivity contribution in [3.05, 3.63) is 52.5 Å². The Morgan fingerprint density at radius 2 is 2.03 bits per heavy atom. The van der Waals surface area contributed by atoms with Crippen LogP contribution < -0.4 is 20.3 Å². The minimum atomic E-state index is -4.43. The largest absolute Gasteiger partial charge is 0.493 e. The predicted octanol–water partition coefficient (Wildman–Crippen LogP) is 5.36. The van der Waals surface area contributed by atoms with Crippen molar-refractivity contribution in [2.24, 2.45) is 4.99 Å². The summed E-state index contributed by atoms with van der Waals surface area (Å²) in [5.74, 6) is 1.77. The number of hydrogen-bond donors (Lipinski definition) is 1. The van der Waals surface area contributed by atoms with Crippen LogP contribution in [0.25, 0.3) is 10.9 Å². The molecule has 1 saturated heterocycles. The van der Waals surface area contributed by atoms with E-state index in [-0.39, 0.29) is 17.2 Å². The quantitative estimate of drug-likeness (QED) is 0.494. The third kappa shape index (κ3) is 4.63. The summed E-state index contributed by atoms with van der Waals surface area (Å²) in [7, 11) is 1.60. The van der Waals surface area contributed by atoms with Gasteiger partial charge < -0.3 is 24.1 Å². The Balaban J connectivity index is 1.71. The van der Waals surface area contributed by atoms with E-state index in [2.05, 4.69) is 23.7 Å². The van der Waals surface area contributed by atoms with Crippen LogP contribution in [0.5, 0.6) is 11.5 Å². The van der Waals surface area contributed by atoms with Gasteiger partial charge >= 0.3 is 6.18 Å². The van der Waals surface area contributed by atoms with Gasteiger partial charge in [0.1, 0.15) is 6.10 Å². The standard InChI is InChI=1S/C27H31F3N4O3/c1-15-18(7-6-8-20(15)27(28,29)30)16(2)32-24-19-11-23(37-17-9-10-36-13-17)22(35-5)12-21(19)34-25(33-24)31-14-26(34,3)4/h6-8,11-12,16-17H,9-10,13-14H2,1-5H3,(H,31,32,33). The first-order valence-corrected chi connectivity index (χ1v) is 12.3. The van der Waals surface area contributed by atoms with E-state index in [1.54, 1.807) is 20.1 Å². The molecule has 2 unspecified atom stereocenters. The number of aromatic nitrogens is 2. The van der Waals surface area contributed by atoms with E-state index in [1.165, 1.54) is 13.0 Å². The molecule has 1 N–H and O–H groups in total. The molecule has 0 radical (unpaired) electrons. The molecule has 3 aromatic rings. The first kappa shape index (κ1) is 25.4. The van der Waals surface area contributed by atoms with E-state index < -0.39 is 17.8 Å². The van der Waals surface area contributed by atoms with Crippen molar-refractivity contribution in [1.82, 2.24) is 9.55 Å². The van der Waals surface area contributed by atoms with Crippen LogP contribution in [0.4, 0.5) is 19.1 Å². The van der Waals surface area contributed by atoms with Gasteiger partial charge in [-0.2, -0.15) is 18.2 Å². The lowest BCUT2D eigenvalue weighted by molar-refractivity contribution is -0.138. The molecule has 0 bridgehead atoms. The maximum absolute atomic E-state index is 13.5. The Morgan fingerprint density at radius 1 is 1.24 bits per heavy atom. The van der Waals surface area contributed by atoms with Crippen LogP contribution in [-0.2, 0) is 16.5 Å². The topological polar surface area (TPSA) is 69.9 Å². The zero-order chi connectivity index (χ0) is 26.5. The molecule has 0 aliphatic carbocycles. The molecular weight excluding hydrogens is 485 g/mol. The van der Waals surface area contributed by atoms with Crippen LogP contribution in [0.3, 0.4) is 0 Å². The number of methoxy groups -OCH3 is 1. The molecule has 198 valence electrons. The summed E-state index contributed by atoms with van der Waals surface area (Å²) in [6.07, 6.45) is -3.75. The van der Waals surface area contributed by atoms with E-state index in [9.17, 15) is 13.2 Å². The second kappa shape index (κ2) is 9.24. The number of benzene rings is 2. The zero-order valence-electron chi connectivity index (χ0n) is 21.6. The molecular formula is C27H31F3N4O3. The van der Waals surface area contributed by atoms with E-state index in [0.29, 0.717) is 48.3 Å². The van der Waals surface area contributed by atoms with Gasteiger partial charge in [-0.05, 0) is 51.0 Å². The molecule has 0 saturated carbocycles. The van der Waals surface area contributed by atoms with Gasteiger partial charge in [-0.1, -0.05) is 12.1 Å². The number of nitrogens with zero attached hydrogens (tertiary/aromatic N) is 3. The van der Waals surface area contributed by atoms with Gasteiger partial charge in [0.15, 0.2) is 17.0 Å². The van der Waals surface area contributed by atoms with Crippen molar-refractivity contribution in [2.45, 2.75) is 58.0 Å². The molecule has 1 fully saturated rings. The minimum Gasteiger partial charge on any atom is -0.493 e. The monoisotopic (exact) mass is 516 g/mol. The summed E-state index contributed by atoms with van der Waals surface area (Å²) in [5, 5.41) is 4.07. The SMILES string of the molecule is COc1cc2c(cc1OC1CCOC1)c(=NC(C)c1cccc(C(F)(F)F)c1C)nc1n2C(C)(C)CN1. The molecule has 0 amide bonds. The fourth-order valence-corrected chi connectivity index (χ4v) is 5.15. The number of rotatable bonds is 5. The van der Waals surface area contributed by atoms with E-state index in [4.69, 9.17) is 24.2 Å². The van der Waals surface area contributed by atoms with Gasteiger partial charge in [-0.3, -0.25) is 4.99 Å². The Morgan fingerprint density at radius 3 is 2.70 bits per heavy atom. The van der Waals surface area contributed by atoms with Crippen molar-refractivity contribution in [3.8, 4) is 11.5 Å². The third-order valence-electron chi connectivity index (χ3n) is 7.10. The van der Waals surface area contributed by atoms with Gasteiger partial charge in [0.2, 0.25) is 5.95 Å². The molecule has 2 aromatic carbocycles. The molecule has 37 heavy (non-hydrogen) atoms. The second-order valence-corrected chi connectivity index (χ2v) is 10.2. The Hall–Kier alpha value is -3.27. The van der Waals surface area contributed by atoms with E-state index in [1.807, 2.05) is 12.1 Å². The van der Waals surface area contributed by atoms with Gasteiger partial charge in [0, 0.05) is 24.4 Å². The van der Waals surface area contributed by atoms with Crippen LogP contribution in [0.15, 0.2) is 35.3 Å². The van der Waals surface area contributed by atoms with Crippen molar-refractivity contribution < 1.29 is 27.4 Å². The van der Waals surface area contributed by atoms with Crippen LogP contribution >= 0.6 is 0 Å². The normalized spacial score (nSPS) is 20.1. The lowest BCUT2D eigenvalue weighted by Crippen LogP contribution is -2.27. The molecule has 3 heterocycles. The maximum Gasteiger partial charge on any atom is 0.416 e. The predicted molar refractivity (Wildman–Crippen MR) is 134 cm³/mol. The molecule has 0 spiro atoms. The minimum absolute atomic E-state index is 0.0911. The smallest absolute Gasteiger partial charge is 0.416 e. The molecule has 7 nitrogen and oxygen atoms in total. The number of fused-ring (bicyclic) bond motifs is 3.